The van der Waals surface area contributed by atoms with E-state index in [4.69, 9.17) is 27.8 Å². The molecule has 24 heavy (non-hydrogen) atoms. The summed E-state index contributed by atoms with van der Waals surface area (Å²) in [6.45, 7) is 1.39. The lowest BCUT2D eigenvalue weighted by molar-refractivity contribution is -0.123. The summed E-state index contributed by atoms with van der Waals surface area (Å²) >= 11 is 6.98. The van der Waals surface area contributed by atoms with E-state index in [1.165, 1.54) is 25.1 Å². The Morgan fingerprint density at radius 2 is 1.96 bits per heavy atom. The highest BCUT2D eigenvalue weighted by molar-refractivity contribution is 7.14. The molecule has 0 aliphatic rings. The first-order valence-electron chi connectivity index (χ1n) is 6.74. The first-order valence-corrected chi connectivity index (χ1v) is 8.00. The second-order valence-corrected chi connectivity index (χ2v) is 6.09. The summed E-state index contributed by atoms with van der Waals surface area (Å²) in [6.07, 6.45) is -1.11. The number of esters is 1. The molecule has 0 saturated heterocycles. The maximum Gasteiger partial charge on any atom is 0.341 e. The molecule has 2 aromatic rings. The van der Waals surface area contributed by atoms with Crippen LogP contribution in [0, 0.1) is 0 Å². The van der Waals surface area contributed by atoms with Gasteiger partial charge in [0.2, 0.25) is 0 Å². The number of rotatable bonds is 5. The Hall–Kier alpha value is -2.58. The second-order valence-electron chi connectivity index (χ2n) is 4.77. The first-order chi connectivity index (χ1) is 11.3. The van der Waals surface area contributed by atoms with E-state index in [0.29, 0.717) is 0 Å². The fourth-order valence-corrected chi connectivity index (χ4v) is 2.78. The monoisotopic (exact) mass is 367 g/mol. The van der Waals surface area contributed by atoms with Crippen LogP contribution in [-0.2, 0) is 9.53 Å². The van der Waals surface area contributed by atoms with Crippen LogP contribution < -0.4 is 16.8 Å². The van der Waals surface area contributed by atoms with Crippen LogP contribution >= 0.6 is 22.9 Å². The van der Waals surface area contributed by atoms with Crippen molar-refractivity contribution < 1.29 is 19.1 Å². The Bertz CT molecular complexity index is 806. The van der Waals surface area contributed by atoms with Gasteiger partial charge in [0.25, 0.3) is 11.8 Å². The molecule has 1 aromatic heterocycles. The Balaban J connectivity index is 2.06. The Kier molecular flexibility index (Phi) is 5.42. The van der Waals surface area contributed by atoms with Crippen LogP contribution in [0.4, 0.5) is 10.7 Å². The predicted octanol–water partition coefficient (Wildman–Crippen LogP) is 2.27. The molecule has 1 aromatic carbocycles. The van der Waals surface area contributed by atoms with Gasteiger partial charge in [0.1, 0.15) is 5.00 Å². The van der Waals surface area contributed by atoms with Crippen molar-refractivity contribution in [2.24, 2.45) is 5.73 Å². The van der Waals surface area contributed by atoms with E-state index >= 15 is 0 Å². The van der Waals surface area contributed by atoms with Gasteiger partial charge in [-0.2, -0.15) is 0 Å². The number of hydrogen-bond donors (Lipinski definition) is 3. The quantitative estimate of drug-likeness (QED) is 0.552. The third-order valence-corrected chi connectivity index (χ3v) is 4.25. The zero-order chi connectivity index (χ0) is 17.9. The second kappa shape index (κ2) is 7.33. The van der Waals surface area contributed by atoms with Crippen LogP contribution in [0.3, 0.4) is 0 Å². The van der Waals surface area contributed by atoms with Crippen molar-refractivity contribution in [3.8, 4) is 0 Å². The molecule has 1 heterocycles. The summed E-state index contributed by atoms with van der Waals surface area (Å²) in [4.78, 5) is 35.4. The molecule has 0 unspecified atom stereocenters. The molecule has 0 aliphatic heterocycles. The highest BCUT2D eigenvalue weighted by atomic mass is 35.5. The minimum Gasteiger partial charge on any atom is -0.449 e. The third kappa shape index (κ3) is 3.84. The van der Waals surface area contributed by atoms with Gasteiger partial charge < -0.3 is 21.5 Å². The standard InChI is InChI=1S/C15H14ClN3O4S/c1-7(13(21)19-14-9(12(18)20)5-6-24-14)23-15(22)8-3-2-4-10(16)11(8)17/h2-7H,17H2,1H3,(H2,18,20)(H,19,21)/t7-/m0/s1. The fraction of sp³-hybridized carbons (Fsp3) is 0.133. The smallest absolute Gasteiger partial charge is 0.341 e. The number of halogens is 1. The minimum atomic E-state index is -1.11. The van der Waals surface area contributed by atoms with Gasteiger partial charge in [0, 0.05) is 0 Å². The zero-order valence-electron chi connectivity index (χ0n) is 12.5. The van der Waals surface area contributed by atoms with Crippen molar-refractivity contribution in [1.82, 2.24) is 0 Å². The molecule has 7 nitrogen and oxygen atoms in total. The number of anilines is 2. The summed E-state index contributed by atoms with van der Waals surface area (Å²) in [5.41, 5.74) is 11.2. The number of amides is 2. The van der Waals surface area contributed by atoms with Gasteiger partial charge in [-0.15, -0.1) is 11.3 Å². The van der Waals surface area contributed by atoms with E-state index in [0.717, 1.165) is 11.3 Å². The highest BCUT2D eigenvalue weighted by Crippen LogP contribution is 2.25. The molecule has 0 aliphatic carbocycles. The van der Waals surface area contributed by atoms with Crippen LogP contribution in [0.5, 0.6) is 0 Å². The lowest BCUT2D eigenvalue weighted by Gasteiger charge is -2.14. The normalized spacial score (nSPS) is 11.6. The molecule has 5 N–H and O–H groups in total. The number of nitrogen functional groups attached to an aromatic ring is 1. The number of nitrogens with two attached hydrogens (primary N) is 2. The number of carbonyl (C=O) groups is 3. The van der Waals surface area contributed by atoms with Gasteiger partial charge in [0.05, 0.1) is 21.8 Å². The molecular weight excluding hydrogens is 354 g/mol. The molecule has 0 saturated carbocycles. The topological polar surface area (TPSA) is 125 Å². The van der Waals surface area contributed by atoms with Crippen molar-refractivity contribution in [3.63, 3.8) is 0 Å². The van der Waals surface area contributed by atoms with Gasteiger partial charge in [0.15, 0.2) is 6.10 Å². The third-order valence-electron chi connectivity index (χ3n) is 3.09. The highest BCUT2D eigenvalue weighted by Gasteiger charge is 2.22. The first kappa shape index (κ1) is 17.8. The van der Waals surface area contributed by atoms with Crippen molar-refractivity contribution in [2.75, 3.05) is 11.1 Å². The van der Waals surface area contributed by atoms with Crippen molar-refractivity contribution in [3.05, 3.63) is 45.8 Å². The van der Waals surface area contributed by atoms with E-state index in [9.17, 15) is 14.4 Å². The molecule has 9 heteroatoms. The van der Waals surface area contributed by atoms with Crippen LogP contribution in [0.1, 0.15) is 27.6 Å². The molecule has 0 spiro atoms. The van der Waals surface area contributed by atoms with Crippen molar-refractivity contribution >= 4 is 51.4 Å². The summed E-state index contributed by atoms with van der Waals surface area (Å²) < 4.78 is 5.08. The number of hydrogen-bond acceptors (Lipinski definition) is 6. The molecule has 126 valence electrons. The average Bonchev–Trinajstić information content (AvgIpc) is 2.98. The van der Waals surface area contributed by atoms with E-state index in [-0.39, 0.29) is 26.8 Å². The van der Waals surface area contributed by atoms with E-state index in [1.54, 1.807) is 11.4 Å². The maximum atomic E-state index is 12.1. The fourth-order valence-electron chi connectivity index (χ4n) is 1.81. The maximum absolute atomic E-state index is 12.1. The number of ether oxygens (including phenoxy) is 1. The van der Waals surface area contributed by atoms with Crippen LogP contribution in [0.15, 0.2) is 29.6 Å². The molecule has 0 bridgehead atoms. The van der Waals surface area contributed by atoms with Crippen LogP contribution in [-0.4, -0.2) is 23.9 Å². The molecule has 2 amide bonds. The molecular formula is C15H14ClN3O4S. The Morgan fingerprint density at radius 1 is 1.25 bits per heavy atom. The van der Waals surface area contributed by atoms with Gasteiger partial charge in [-0.3, -0.25) is 9.59 Å². The van der Waals surface area contributed by atoms with E-state index in [1.807, 2.05) is 0 Å². The van der Waals surface area contributed by atoms with Crippen molar-refractivity contribution in [2.45, 2.75) is 13.0 Å². The van der Waals surface area contributed by atoms with E-state index < -0.39 is 23.9 Å². The SMILES string of the molecule is C[C@H](OC(=O)c1cccc(Cl)c1N)C(=O)Nc1sccc1C(N)=O. The summed E-state index contributed by atoms with van der Waals surface area (Å²) in [5, 5.41) is 4.61. The summed E-state index contributed by atoms with van der Waals surface area (Å²) in [5.74, 6) is -2.05. The van der Waals surface area contributed by atoms with Gasteiger partial charge in [-0.05, 0) is 30.5 Å². The number of benzene rings is 1. The van der Waals surface area contributed by atoms with Gasteiger partial charge >= 0.3 is 5.97 Å². The predicted molar refractivity (Wildman–Crippen MR) is 92.2 cm³/mol. The Morgan fingerprint density at radius 3 is 2.62 bits per heavy atom. The summed E-state index contributed by atoms with van der Waals surface area (Å²) in [7, 11) is 0. The lowest BCUT2D eigenvalue weighted by atomic mass is 10.2. The summed E-state index contributed by atoms with van der Waals surface area (Å²) in [6, 6.07) is 6.02. The number of primary amides is 1. The van der Waals surface area contributed by atoms with Crippen LogP contribution in [0.2, 0.25) is 5.02 Å². The van der Waals surface area contributed by atoms with Crippen LogP contribution in [0.25, 0.3) is 0 Å². The number of carbonyl (C=O) groups excluding carboxylic acids is 3. The van der Waals surface area contributed by atoms with Crippen molar-refractivity contribution in [1.29, 1.82) is 0 Å². The molecule has 2 rings (SSSR count). The molecule has 0 radical (unpaired) electrons. The molecule has 0 fully saturated rings. The number of para-hydroxylation sites is 1. The average molecular weight is 368 g/mol. The van der Waals surface area contributed by atoms with Gasteiger partial charge in [-0.25, -0.2) is 4.79 Å². The Labute approximate surface area is 146 Å². The lowest BCUT2D eigenvalue weighted by Crippen LogP contribution is -2.30. The zero-order valence-corrected chi connectivity index (χ0v) is 14.1. The molecule has 1 atom stereocenters. The minimum absolute atomic E-state index is 0.0658. The van der Waals surface area contributed by atoms with E-state index in [2.05, 4.69) is 5.32 Å². The van der Waals surface area contributed by atoms with Gasteiger partial charge in [-0.1, -0.05) is 17.7 Å². The largest absolute Gasteiger partial charge is 0.449 e. The number of nitrogens with one attached hydrogen (secondary N) is 1. The number of thiophene rings is 1.